The maximum Gasteiger partial charge on any atom is 0.253 e. The normalized spacial score (nSPS) is 19.5. The van der Waals surface area contributed by atoms with E-state index in [0.717, 1.165) is 36.5 Å². The molecule has 194 valence electrons. The lowest BCUT2D eigenvalue weighted by molar-refractivity contribution is -0.126. The van der Waals surface area contributed by atoms with Gasteiger partial charge in [-0.05, 0) is 56.4 Å². The minimum atomic E-state index is -0.192. The third-order valence-corrected chi connectivity index (χ3v) is 7.65. The smallest absolute Gasteiger partial charge is 0.253 e. The second-order valence-electron chi connectivity index (χ2n) is 10.2. The molecule has 1 aliphatic carbocycles. The summed E-state index contributed by atoms with van der Waals surface area (Å²) in [7, 11) is 0. The highest BCUT2D eigenvalue weighted by Crippen LogP contribution is 2.24. The predicted molar refractivity (Wildman–Crippen MR) is 142 cm³/mol. The summed E-state index contributed by atoms with van der Waals surface area (Å²) in [5.74, 6) is 1.60. The molecule has 1 aromatic carbocycles. The molecule has 1 atom stereocenters. The third kappa shape index (κ3) is 6.24. The van der Waals surface area contributed by atoms with Crippen LogP contribution in [0, 0.1) is 5.92 Å². The molecule has 1 aliphatic heterocycles. The zero-order valence-corrected chi connectivity index (χ0v) is 21.4. The number of fused-ring (bicyclic) bond motifs is 1. The van der Waals surface area contributed by atoms with Gasteiger partial charge in [0.25, 0.3) is 5.91 Å². The lowest BCUT2D eigenvalue weighted by Gasteiger charge is -2.28. The Kier molecular flexibility index (Phi) is 8.23. The van der Waals surface area contributed by atoms with Crippen molar-refractivity contribution in [3.63, 3.8) is 0 Å². The number of amides is 2. The van der Waals surface area contributed by atoms with Gasteiger partial charge in [-0.3, -0.25) is 14.6 Å². The van der Waals surface area contributed by atoms with Gasteiger partial charge in [-0.15, -0.1) is 10.2 Å². The van der Waals surface area contributed by atoms with Crippen molar-refractivity contribution in [1.29, 1.82) is 0 Å². The first kappa shape index (κ1) is 25.1. The number of nitrogens with one attached hydrogen (secondary N) is 1. The van der Waals surface area contributed by atoms with Crippen LogP contribution < -0.4 is 5.32 Å². The van der Waals surface area contributed by atoms with E-state index in [1.165, 1.54) is 19.3 Å². The van der Waals surface area contributed by atoms with E-state index in [0.29, 0.717) is 44.5 Å². The zero-order valence-electron chi connectivity index (χ0n) is 21.4. The molecule has 2 aromatic heterocycles. The van der Waals surface area contributed by atoms with Crippen molar-refractivity contribution in [3.8, 4) is 11.4 Å². The first-order valence-electron chi connectivity index (χ1n) is 13.7. The Hall–Kier alpha value is -3.55. The van der Waals surface area contributed by atoms with E-state index in [2.05, 4.69) is 25.1 Å². The van der Waals surface area contributed by atoms with Crippen LogP contribution in [-0.2, 0) is 17.8 Å². The monoisotopic (exact) mass is 500 g/mol. The summed E-state index contributed by atoms with van der Waals surface area (Å²) in [6, 6.07) is 13.6. The molecule has 3 aromatic rings. The van der Waals surface area contributed by atoms with Crippen LogP contribution in [0.1, 0.15) is 67.5 Å². The molecule has 5 rings (SSSR count). The lowest BCUT2D eigenvalue weighted by atomic mass is 9.93. The van der Waals surface area contributed by atoms with Crippen LogP contribution in [0.15, 0.2) is 54.9 Å². The van der Waals surface area contributed by atoms with E-state index in [-0.39, 0.29) is 23.8 Å². The third-order valence-electron chi connectivity index (χ3n) is 7.65. The molecule has 1 fully saturated rings. The van der Waals surface area contributed by atoms with Crippen molar-refractivity contribution >= 4 is 11.8 Å². The molecule has 2 amide bonds. The number of hydrogen-bond donors (Lipinski definition) is 1. The van der Waals surface area contributed by atoms with Gasteiger partial charge in [-0.1, -0.05) is 37.5 Å². The van der Waals surface area contributed by atoms with E-state index in [1.807, 2.05) is 47.4 Å². The van der Waals surface area contributed by atoms with Crippen LogP contribution in [0.2, 0.25) is 0 Å². The van der Waals surface area contributed by atoms with Gasteiger partial charge in [-0.2, -0.15) is 0 Å². The molecule has 1 N–H and O–H groups in total. The highest BCUT2D eigenvalue weighted by molar-refractivity contribution is 5.94. The minimum absolute atomic E-state index is 0.0174. The Labute approximate surface area is 218 Å². The van der Waals surface area contributed by atoms with Crippen molar-refractivity contribution in [1.82, 2.24) is 30.0 Å². The molecule has 8 heteroatoms. The molecule has 2 aliphatic rings. The number of nitrogens with zero attached hydrogens (tertiary/aromatic N) is 5. The maximum absolute atomic E-state index is 13.5. The van der Waals surface area contributed by atoms with E-state index in [1.54, 1.807) is 12.4 Å². The topological polar surface area (TPSA) is 93.0 Å². The molecular formula is C29H36N6O2. The molecule has 8 nitrogen and oxygen atoms in total. The molecule has 3 heterocycles. The van der Waals surface area contributed by atoms with Crippen molar-refractivity contribution in [2.24, 2.45) is 5.92 Å². The zero-order chi connectivity index (χ0) is 25.5. The van der Waals surface area contributed by atoms with Crippen LogP contribution in [0.25, 0.3) is 11.4 Å². The fraction of sp³-hybridized carbons (Fsp3) is 0.483. The van der Waals surface area contributed by atoms with Gasteiger partial charge >= 0.3 is 0 Å². The number of carbonyl (C=O) groups excluding carboxylic acids is 2. The average molecular weight is 501 g/mol. The quantitative estimate of drug-likeness (QED) is 0.577. The van der Waals surface area contributed by atoms with Gasteiger partial charge in [-0.25, -0.2) is 0 Å². The number of aromatic nitrogens is 4. The standard InChI is InChI=1S/C29H36N6O2/c36-28(31-25-12-5-2-6-13-25)22-15-19-34(29(37)23-9-3-1-4-10-23)18-8-14-26-32-33-27(35(26)20-16-22)24-11-7-17-30-21-24/h1,3-4,7,9-11,17,21-22,25H,2,5-6,8,12-16,18-20H2,(H,31,36). The fourth-order valence-electron chi connectivity index (χ4n) is 5.54. The van der Waals surface area contributed by atoms with Gasteiger partial charge in [0.05, 0.1) is 0 Å². The molecule has 0 radical (unpaired) electrons. The number of carbonyl (C=O) groups is 2. The van der Waals surface area contributed by atoms with Crippen LogP contribution in [-0.4, -0.2) is 55.6 Å². The van der Waals surface area contributed by atoms with Crippen LogP contribution in [0.5, 0.6) is 0 Å². The number of pyridine rings is 1. The molecule has 37 heavy (non-hydrogen) atoms. The number of rotatable bonds is 4. The van der Waals surface area contributed by atoms with E-state index < -0.39 is 0 Å². The Bertz CT molecular complexity index is 1170. The van der Waals surface area contributed by atoms with Crippen LogP contribution in [0.4, 0.5) is 0 Å². The SMILES string of the molecule is O=C(NC1CCCCC1)C1CCN(C(=O)c2ccccc2)CCCc2nnc(-c3cccnc3)n2CC1. The highest BCUT2D eigenvalue weighted by Gasteiger charge is 2.27. The van der Waals surface area contributed by atoms with Gasteiger partial charge in [0.2, 0.25) is 5.91 Å². The molecule has 1 saturated carbocycles. The Morgan fingerprint density at radius 3 is 2.43 bits per heavy atom. The molecular weight excluding hydrogens is 464 g/mol. The molecule has 0 spiro atoms. The van der Waals surface area contributed by atoms with Gasteiger partial charge in [0, 0.05) is 61.5 Å². The highest BCUT2D eigenvalue weighted by atomic mass is 16.2. The number of aryl methyl sites for hydroxylation is 1. The lowest BCUT2D eigenvalue weighted by Crippen LogP contribution is -2.42. The number of hydrogen-bond acceptors (Lipinski definition) is 5. The second-order valence-corrected chi connectivity index (χ2v) is 10.2. The molecule has 0 saturated heterocycles. The molecule has 1 unspecified atom stereocenters. The average Bonchev–Trinajstić information content (AvgIpc) is 3.33. The second kappa shape index (κ2) is 12.1. The van der Waals surface area contributed by atoms with Crippen molar-refractivity contribution in [2.45, 2.75) is 70.4 Å². The Balaban J connectivity index is 1.40. The van der Waals surface area contributed by atoms with E-state index >= 15 is 0 Å². The fourth-order valence-corrected chi connectivity index (χ4v) is 5.54. The summed E-state index contributed by atoms with van der Waals surface area (Å²) in [6.45, 7) is 1.83. The summed E-state index contributed by atoms with van der Waals surface area (Å²) in [5.41, 5.74) is 1.60. The number of benzene rings is 1. The summed E-state index contributed by atoms with van der Waals surface area (Å²) >= 11 is 0. The van der Waals surface area contributed by atoms with Crippen molar-refractivity contribution < 1.29 is 9.59 Å². The van der Waals surface area contributed by atoms with Gasteiger partial charge in [0.15, 0.2) is 5.82 Å². The first-order valence-corrected chi connectivity index (χ1v) is 13.7. The van der Waals surface area contributed by atoms with Crippen LogP contribution in [0.3, 0.4) is 0 Å². The maximum atomic E-state index is 13.5. The predicted octanol–water partition coefficient (Wildman–Crippen LogP) is 4.27. The van der Waals surface area contributed by atoms with Gasteiger partial charge < -0.3 is 14.8 Å². The minimum Gasteiger partial charge on any atom is -0.353 e. The van der Waals surface area contributed by atoms with Crippen LogP contribution >= 0.6 is 0 Å². The first-order chi connectivity index (χ1) is 18.2. The van der Waals surface area contributed by atoms with Gasteiger partial charge in [0.1, 0.15) is 5.82 Å². The van der Waals surface area contributed by atoms with E-state index in [4.69, 9.17) is 0 Å². The Morgan fingerprint density at radius 2 is 1.65 bits per heavy atom. The van der Waals surface area contributed by atoms with Crippen molar-refractivity contribution in [2.75, 3.05) is 13.1 Å². The molecule has 0 bridgehead atoms. The Morgan fingerprint density at radius 1 is 0.838 bits per heavy atom. The van der Waals surface area contributed by atoms with E-state index in [9.17, 15) is 9.59 Å². The van der Waals surface area contributed by atoms with Crippen molar-refractivity contribution in [3.05, 3.63) is 66.2 Å². The largest absolute Gasteiger partial charge is 0.353 e. The summed E-state index contributed by atoms with van der Waals surface area (Å²) in [4.78, 5) is 33.0. The summed E-state index contributed by atoms with van der Waals surface area (Å²) in [6.07, 6.45) is 12.1. The summed E-state index contributed by atoms with van der Waals surface area (Å²) < 4.78 is 2.15. The summed E-state index contributed by atoms with van der Waals surface area (Å²) in [5, 5.41) is 12.3.